The topological polar surface area (TPSA) is 91.2 Å². The molecule has 0 saturated heterocycles. The van der Waals surface area contributed by atoms with Gasteiger partial charge in [-0.05, 0) is 73.9 Å². The van der Waals surface area contributed by atoms with E-state index in [2.05, 4.69) is 32.0 Å². The van der Waals surface area contributed by atoms with E-state index in [1.54, 1.807) is 18.3 Å². The monoisotopic (exact) mass is 557 g/mol. The van der Waals surface area contributed by atoms with Gasteiger partial charge in [0.1, 0.15) is 23.1 Å². The molecule has 2 aliphatic rings. The predicted molar refractivity (Wildman–Crippen MR) is 156 cm³/mol. The maximum atomic E-state index is 13.1. The number of amides is 1. The highest BCUT2D eigenvalue weighted by Crippen LogP contribution is 2.33. The molecule has 4 aromatic rings. The van der Waals surface area contributed by atoms with Crippen molar-refractivity contribution in [3.63, 3.8) is 0 Å². The van der Waals surface area contributed by atoms with E-state index in [0.717, 1.165) is 48.9 Å². The van der Waals surface area contributed by atoms with Crippen LogP contribution in [0.25, 0.3) is 11.4 Å². The molecule has 1 fully saturated rings. The number of thiazole rings is 1. The highest BCUT2D eigenvalue weighted by Gasteiger charge is 2.20. The van der Waals surface area contributed by atoms with Crippen LogP contribution in [0.1, 0.15) is 68.1 Å². The van der Waals surface area contributed by atoms with Crippen LogP contribution in [0.5, 0.6) is 17.2 Å². The Balaban J connectivity index is 1.20. The minimum Gasteiger partial charge on any atom is -0.493 e. The molecule has 2 aromatic heterocycles. The zero-order valence-corrected chi connectivity index (χ0v) is 23.7. The lowest BCUT2D eigenvalue weighted by molar-refractivity contribution is 0.102. The number of ether oxygens (including phenoxy) is 2. The number of fused-ring (bicyclic) bond motifs is 1. The third kappa shape index (κ3) is 6.36. The van der Waals surface area contributed by atoms with Crippen molar-refractivity contribution in [1.29, 1.82) is 0 Å². The number of anilines is 1. The lowest BCUT2D eigenvalue weighted by Crippen LogP contribution is -2.20. The molecule has 1 N–H and O–H groups in total. The van der Waals surface area contributed by atoms with E-state index in [1.165, 1.54) is 43.4 Å². The summed E-state index contributed by atoms with van der Waals surface area (Å²) in [7, 11) is 0. The summed E-state index contributed by atoms with van der Waals surface area (Å²) in [5.41, 5.74) is 1.47. The Labute approximate surface area is 238 Å². The summed E-state index contributed by atoms with van der Waals surface area (Å²) in [5, 5.41) is 14.1. The van der Waals surface area contributed by atoms with Gasteiger partial charge in [0.05, 0.1) is 6.61 Å². The Morgan fingerprint density at radius 2 is 1.90 bits per heavy atom. The van der Waals surface area contributed by atoms with Crippen LogP contribution in [0.2, 0.25) is 0 Å². The third-order valence-electron chi connectivity index (χ3n) is 7.78. The standard InChI is InChI=1S/C31H35N5O3S/c1-21-6-5-7-22(16-21)20-38-26-17-24(30(37)33-31-32-13-15-40-31)18-27(19-26)39-25-11-9-23(10-12-25)29-35-34-28-8-3-2-4-14-36(28)29/h9-13,15,17-19,21-22H,2-8,14,16,20H2,1H3,(H,32,33,37). The first-order chi connectivity index (χ1) is 19.6. The maximum Gasteiger partial charge on any atom is 0.257 e. The number of nitrogens with zero attached hydrogens (tertiary/aromatic N) is 4. The molecule has 0 radical (unpaired) electrons. The largest absolute Gasteiger partial charge is 0.493 e. The molecular formula is C31H35N5O3S. The molecule has 1 aliphatic carbocycles. The van der Waals surface area contributed by atoms with Gasteiger partial charge in [-0.25, -0.2) is 4.98 Å². The number of carbonyl (C=O) groups is 1. The second-order valence-corrected chi connectivity index (χ2v) is 11.9. The fourth-order valence-corrected chi connectivity index (χ4v) is 6.26. The summed E-state index contributed by atoms with van der Waals surface area (Å²) in [5.74, 6) is 4.81. The van der Waals surface area contributed by atoms with Crippen molar-refractivity contribution < 1.29 is 14.3 Å². The quantitative estimate of drug-likeness (QED) is 0.243. The van der Waals surface area contributed by atoms with Gasteiger partial charge < -0.3 is 14.0 Å². The fourth-order valence-electron chi connectivity index (χ4n) is 5.73. The number of carbonyl (C=O) groups excluding carboxylic acids is 1. The molecule has 1 aliphatic heterocycles. The van der Waals surface area contributed by atoms with Crippen LogP contribution >= 0.6 is 11.3 Å². The van der Waals surface area contributed by atoms with Crippen molar-refractivity contribution in [2.45, 2.75) is 64.8 Å². The molecule has 9 heteroatoms. The second kappa shape index (κ2) is 12.2. The molecular weight excluding hydrogens is 522 g/mol. The van der Waals surface area contributed by atoms with Gasteiger partial charge in [0, 0.05) is 41.7 Å². The summed E-state index contributed by atoms with van der Waals surface area (Å²) in [6.07, 6.45) is 11.1. The average molecular weight is 558 g/mol. The SMILES string of the molecule is CC1CCCC(COc2cc(Oc3ccc(-c4nnc5n4CCCCC5)cc3)cc(C(=O)Nc3nccs3)c2)C1. The lowest BCUT2D eigenvalue weighted by atomic mass is 9.83. The van der Waals surface area contributed by atoms with Crippen molar-refractivity contribution >= 4 is 22.4 Å². The maximum absolute atomic E-state index is 13.1. The highest BCUT2D eigenvalue weighted by atomic mass is 32.1. The molecule has 3 heterocycles. The first-order valence-electron chi connectivity index (χ1n) is 14.3. The molecule has 8 nitrogen and oxygen atoms in total. The van der Waals surface area contributed by atoms with E-state index in [4.69, 9.17) is 9.47 Å². The highest BCUT2D eigenvalue weighted by molar-refractivity contribution is 7.13. The Kier molecular flexibility index (Phi) is 8.09. The van der Waals surface area contributed by atoms with Crippen LogP contribution in [0.3, 0.4) is 0 Å². The number of benzene rings is 2. The van der Waals surface area contributed by atoms with Crippen LogP contribution in [0.4, 0.5) is 5.13 Å². The zero-order chi connectivity index (χ0) is 27.3. The molecule has 2 atom stereocenters. The summed E-state index contributed by atoms with van der Waals surface area (Å²) < 4.78 is 14.7. The van der Waals surface area contributed by atoms with Gasteiger partial charge in [-0.1, -0.05) is 26.2 Å². The molecule has 6 rings (SSSR count). The summed E-state index contributed by atoms with van der Waals surface area (Å²) >= 11 is 1.38. The van der Waals surface area contributed by atoms with Crippen LogP contribution in [0, 0.1) is 11.8 Å². The molecule has 40 heavy (non-hydrogen) atoms. The second-order valence-electron chi connectivity index (χ2n) is 11.0. The van der Waals surface area contributed by atoms with Crippen molar-refractivity contribution in [1.82, 2.24) is 19.7 Å². The van der Waals surface area contributed by atoms with Gasteiger partial charge in [-0.15, -0.1) is 21.5 Å². The van der Waals surface area contributed by atoms with Crippen molar-refractivity contribution in [2.75, 3.05) is 11.9 Å². The third-order valence-corrected chi connectivity index (χ3v) is 8.47. The van der Waals surface area contributed by atoms with Gasteiger partial charge in [-0.2, -0.15) is 0 Å². The molecule has 1 saturated carbocycles. The summed E-state index contributed by atoms with van der Waals surface area (Å²) in [4.78, 5) is 17.2. The Bertz CT molecular complexity index is 1430. The molecule has 0 spiro atoms. The van der Waals surface area contributed by atoms with Crippen LogP contribution in [-0.4, -0.2) is 32.3 Å². The molecule has 208 valence electrons. The first kappa shape index (κ1) is 26.5. The zero-order valence-electron chi connectivity index (χ0n) is 22.8. The first-order valence-corrected chi connectivity index (χ1v) is 15.2. The smallest absolute Gasteiger partial charge is 0.257 e. The van der Waals surface area contributed by atoms with Crippen LogP contribution in [0.15, 0.2) is 54.0 Å². The van der Waals surface area contributed by atoms with Gasteiger partial charge >= 0.3 is 0 Å². The molecule has 2 aromatic carbocycles. The van der Waals surface area contributed by atoms with E-state index in [9.17, 15) is 4.79 Å². The molecule has 0 bridgehead atoms. The summed E-state index contributed by atoms with van der Waals surface area (Å²) in [6, 6.07) is 13.3. The van der Waals surface area contributed by atoms with Crippen molar-refractivity contribution in [3.8, 4) is 28.6 Å². The van der Waals surface area contributed by atoms with Crippen LogP contribution in [-0.2, 0) is 13.0 Å². The van der Waals surface area contributed by atoms with Gasteiger partial charge in [-0.3, -0.25) is 10.1 Å². The minimum atomic E-state index is -0.251. The Hall–Kier alpha value is -3.72. The van der Waals surface area contributed by atoms with Crippen molar-refractivity contribution in [3.05, 3.63) is 65.4 Å². The van der Waals surface area contributed by atoms with Crippen LogP contribution < -0.4 is 14.8 Å². The number of nitrogens with one attached hydrogen (secondary N) is 1. The van der Waals surface area contributed by atoms with Gasteiger partial charge in [0.25, 0.3) is 5.91 Å². The van der Waals surface area contributed by atoms with E-state index in [0.29, 0.717) is 40.5 Å². The number of rotatable bonds is 8. The fraction of sp³-hybridized carbons (Fsp3) is 0.419. The van der Waals surface area contributed by atoms with E-state index < -0.39 is 0 Å². The molecule has 2 unspecified atom stereocenters. The van der Waals surface area contributed by atoms with E-state index in [1.807, 2.05) is 35.7 Å². The Morgan fingerprint density at radius 3 is 2.73 bits per heavy atom. The minimum absolute atomic E-state index is 0.251. The predicted octanol–water partition coefficient (Wildman–Crippen LogP) is 7.38. The van der Waals surface area contributed by atoms with E-state index >= 15 is 0 Å². The normalized spacial score (nSPS) is 18.9. The number of aromatic nitrogens is 4. The van der Waals surface area contributed by atoms with E-state index in [-0.39, 0.29) is 5.91 Å². The lowest BCUT2D eigenvalue weighted by Gasteiger charge is -2.26. The van der Waals surface area contributed by atoms with Crippen molar-refractivity contribution in [2.24, 2.45) is 11.8 Å². The average Bonchev–Trinajstić information content (AvgIpc) is 3.56. The number of aryl methyl sites for hydroxylation is 1. The number of hydrogen-bond acceptors (Lipinski definition) is 7. The van der Waals surface area contributed by atoms with Gasteiger partial charge in [0.2, 0.25) is 0 Å². The summed E-state index contributed by atoms with van der Waals surface area (Å²) in [6.45, 7) is 3.90. The van der Waals surface area contributed by atoms with Gasteiger partial charge in [0.15, 0.2) is 11.0 Å². The number of hydrogen-bond donors (Lipinski definition) is 1. The molecule has 1 amide bonds. The Morgan fingerprint density at radius 1 is 1.02 bits per heavy atom.